The maximum Gasteiger partial charge on any atom is 0.226 e. The number of rotatable bonds is 4. The highest BCUT2D eigenvalue weighted by Crippen LogP contribution is 2.24. The second kappa shape index (κ2) is 6.59. The lowest BCUT2D eigenvalue weighted by atomic mass is 9.93. The lowest BCUT2D eigenvalue weighted by Crippen LogP contribution is -2.55. The van der Waals surface area contributed by atoms with Crippen LogP contribution in [0.1, 0.15) is 32.1 Å². The predicted octanol–water partition coefficient (Wildman–Crippen LogP) is 1.55. The zero-order valence-corrected chi connectivity index (χ0v) is 13.6. The highest BCUT2D eigenvalue weighted by Gasteiger charge is 2.34. The Labute approximate surface area is 141 Å². The average Bonchev–Trinajstić information content (AvgIpc) is 3.09. The first kappa shape index (κ1) is 15.1. The number of carbonyl (C=O) groups excluding carboxylic acids is 1. The molecule has 1 aliphatic carbocycles. The third kappa shape index (κ3) is 3.11. The molecule has 7 heteroatoms. The minimum Gasteiger partial charge on any atom is -0.355 e. The first-order chi connectivity index (χ1) is 11.8. The lowest BCUT2D eigenvalue weighted by molar-refractivity contribution is -0.126. The van der Waals surface area contributed by atoms with E-state index in [2.05, 4.69) is 25.3 Å². The van der Waals surface area contributed by atoms with Crippen LogP contribution in [0.4, 0.5) is 5.82 Å². The van der Waals surface area contributed by atoms with E-state index in [1.165, 1.54) is 19.3 Å². The van der Waals surface area contributed by atoms with Gasteiger partial charge in [-0.05, 0) is 18.9 Å². The monoisotopic (exact) mass is 326 g/mol. The highest BCUT2D eigenvalue weighted by molar-refractivity contribution is 5.82. The quantitative estimate of drug-likeness (QED) is 0.922. The first-order valence-corrected chi connectivity index (χ1v) is 8.67. The third-order valence-electron chi connectivity index (χ3n) is 4.91. The fourth-order valence-electron chi connectivity index (χ4n) is 3.44. The molecule has 0 radical (unpaired) electrons. The Hall–Kier alpha value is -2.44. The van der Waals surface area contributed by atoms with E-state index in [-0.39, 0.29) is 11.8 Å². The summed E-state index contributed by atoms with van der Waals surface area (Å²) >= 11 is 0. The number of carbonyl (C=O) groups is 1. The van der Waals surface area contributed by atoms with Crippen molar-refractivity contribution in [3.8, 4) is 5.82 Å². The van der Waals surface area contributed by atoms with Crippen molar-refractivity contribution in [3.63, 3.8) is 0 Å². The van der Waals surface area contributed by atoms with Crippen LogP contribution in [0, 0.1) is 5.92 Å². The summed E-state index contributed by atoms with van der Waals surface area (Å²) < 4.78 is 1.71. The van der Waals surface area contributed by atoms with E-state index in [1.807, 2.05) is 18.3 Å². The summed E-state index contributed by atoms with van der Waals surface area (Å²) in [5, 5.41) is 7.40. The summed E-state index contributed by atoms with van der Waals surface area (Å²) in [6.45, 7) is 1.43. The predicted molar refractivity (Wildman–Crippen MR) is 89.9 cm³/mol. The van der Waals surface area contributed by atoms with Crippen LogP contribution in [0.5, 0.6) is 0 Å². The molecule has 2 aromatic rings. The summed E-state index contributed by atoms with van der Waals surface area (Å²) in [7, 11) is 0. The molecule has 0 aromatic carbocycles. The van der Waals surface area contributed by atoms with Gasteiger partial charge in [-0.15, -0.1) is 0 Å². The summed E-state index contributed by atoms with van der Waals surface area (Å²) in [5.74, 6) is 1.84. The number of aromatic nitrogens is 4. The van der Waals surface area contributed by atoms with Crippen LogP contribution in [-0.4, -0.2) is 44.8 Å². The Morgan fingerprint density at radius 1 is 1.12 bits per heavy atom. The van der Waals surface area contributed by atoms with Crippen molar-refractivity contribution in [2.24, 2.45) is 5.92 Å². The molecule has 1 amide bonds. The van der Waals surface area contributed by atoms with Crippen molar-refractivity contribution in [1.82, 2.24) is 25.1 Å². The first-order valence-electron chi connectivity index (χ1n) is 8.67. The Balaban J connectivity index is 1.34. The van der Waals surface area contributed by atoms with Crippen molar-refractivity contribution < 1.29 is 4.79 Å². The summed E-state index contributed by atoms with van der Waals surface area (Å²) in [4.78, 5) is 23.0. The number of anilines is 1. The average molecular weight is 326 g/mol. The van der Waals surface area contributed by atoms with E-state index in [0.29, 0.717) is 19.1 Å². The smallest absolute Gasteiger partial charge is 0.226 e. The fourth-order valence-corrected chi connectivity index (χ4v) is 3.44. The Morgan fingerprint density at radius 3 is 2.67 bits per heavy atom. The maximum atomic E-state index is 12.3. The largest absolute Gasteiger partial charge is 0.355 e. The SMILES string of the molecule is O=C(NC1CCCCC1)C1CN(c2cc(-n3cccn3)ncn2)C1. The fraction of sp³-hybridized carbons (Fsp3) is 0.529. The molecule has 2 aliphatic rings. The zero-order chi connectivity index (χ0) is 16.4. The van der Waals surface area contributed by atoms with E-state index in [4.69, 9.17) is 0 Å². The van der Waals surface area contributed by atoms with Crippen molar-refractivity contribution in [2.75, 3.05) is 18.0 Å². The van der Waals surface area contributed by atoms with Crippen LogP contribution < -0.4 is 10.2 Å². The number of amides is 1. The number of nitrogens with one attached hydrogen (secondary N) is 1. The molecule has 126 valence electrons. The van der Waals surface area contributed by atoms with Crippen molar-refractivity contribution in [2.45, 2.75) is 38.1 Å². The molecule has 1 saturated heterocycles. The van der Waals surface area contributed by atoms with Gasteiger partial charge in [-0.25, -0.2) is 14.6 Å². The van der Waals surface area contributed by atoms with Gasteiger partial charge in [0.15, 0.2) is 5.82 Å². The molecule has 0 bridgehead atoms. The van der Waals surface area contributed by atoms with Gasteiger partial charge in [0.05, 0.1) is 5.92 Å². The summed E-state index contributed by atoms with van der Waals surface area (Å²) in [5.41, 5.74) is 0. The van der Waals surface area contributed by atoms with Gasteiger partial charge >= 0.3 is 0 Å². The number of nitrogens with zero attached hydrogens (tertiary/aromatic N) is 5. The molecule has 0 unspecified atom stereocenters. The molecule has 4 rings (SSSR count). The van der Waals surface area contributed by atoms with Gasteiger partial charge in [-0.2, -0.15) is 5.10 Å². The Bertz CT molecular complexity index is 689. The third-order valence-corrected chi connectivity index (χ3v) is 4.91. The number of hydrogen-bond donors (Lipinski definition) is 1. The van der Waals surface area contributed by atoms with Gasteiger partial charge in [0.25, 0.3) is 0 Å². The normalized spacial score (nSPS) is 19.1. The second-order valence-electron chi connectivity index (χ2n) is 6.63. The van der Waals surface area contributed by atoms with Gasteiger partial charge in [0.1, 0.15) is 12.1 Å². The molecule has 1 aliphatic heterocycles. The van der Waals surface area contributed by atoms with E-state index >= 15 is 0 Å². The molecular formula is C17H22N6O. The van der Waals surface area contributed by atoms with Crippen LogP contribution in [0.15, 0.2) is 30.9 Å². The van der Waals surface area contributed by atoms with E-state index in [0.717, 1.165) is 24.5 Å². The van der Waals surface area contributed by atoms with Crippen LogP contribution >= 0.6 is 0 Å². The number of hydrogen-bond acceptors (Lipinski definition) is 5. The van der Waals surface area contributed by atoms with Gasteiger partial charge in [-0.3, -0.25) is 4.79 Å². The van der Waals surface area contributed by atoms with E-state index in [9.17, 15) is 4.79 Å². The molecule has 3 heterocycles. The summed E-state index contributed by atoms with van der Waals surface area (Å²) in [6, 6.07) is 4.14. The molecule has 24 heavy (non-hydrogen) atoms. The molecule has 0 spiro atoms. The highest BCUT2D eigenvalue weighted by atomic mass is 16.2. The molecule has 1 N–H and O–H groups in total. The standard InChI is InChI=1S/C17H22N6O/c24-17(21-14-5-2-1-3-6-14)13-10-22(11-13)15-9-16(19-12-18-15)23-8-4-7-20-23/h4,7-9,12-14H,1-3,5-6,10-11H2,(H,21,24). The van der Waals surface area contributed by atoms with Crippen molar-refractivity contribution in [1.29, 1.82) is 0 Å². The van der Waals surface area contributed by atoms with Crippen molar-refractivity contribution >= 4 is 11.7 Å². The topological polar surface area (TPSA) is 75.9 Å². The molecular weight excluding hydrogens is 304 g/mol. The lowest BCUT2D eigenvalue weighted by Gasteiger charge is -2.40. The van der Waals surface area contributed by atoms with E-state index in [1.54, 1.807) is 17.2 Å². The van der Waals surface area contributed by atoms with Crippen LogP contribution in [0.2, 0.25) is 0 Å². The van der Waals surface area contributed by atoms with Gasteiger partial charge in [0.2, 0.25) is 5.91 Å². The summed E-state index contributed by atoms with van der Waals surface area (Å²) in [6.07, 6.45) is 11.1. The minimum atomic E-state index is 0.0649. The minimum absolute atomic E-state index is 0.0649. The van der Waals surface area contributed by atoms with Crippen LogP contribution in [0.25, 0.3) is 5.82 Å². The van der Waals surface area contributed by atoms with Gasteiger partial charge in [-0.1, -0.05) is 19.3 Å². The van der Waals surface area contributed by atoms with Crippen LogP contribution in [-0.2, 0) is 4.79 Å². The van der Waals surface area contributed by atoms with E-state index < -0.39 is 0 Å². The molecule has 1 saturated carbocycles. The van der Waals surface area contributed by atoms with Crippen molar-refractivity contribution in [3.05, 3.63) is 30.9 Å². The van der Waals surface area contributed by atoms with Gasteiger partial charge < -0.3 is 10.2 Å². The van der Waals surface area contributed by atoms with Gasteiger partial charge in [0, 0.05) is 37.6 Å². The molecule has 2 aromatic heterocycles. The molecule has 7 nitrogen and oxygen atoms in total. The maximum absolute atomic E-state index is 12.3. The molecule has 0 atom stereocenters. The second-order valence-corrected chi connectivity index (χ2v) is 6.63. The Kier molecular flexibility index (Phi) is 4.15. The zero-order valence-electron chi connectivity index (χ0n) is 13.6. The Morgan fingerprint density at radius 2 is 1.92 bits per heavy atom. The van der Waals surface area contributed by atoms with Crippen LogP contribution in [0.3, 0.4) is 0 Å². The molecule has 2 fully saturated rings.